The van der Waals surface area contributed by atoms with Crippen LogP contribution in [0.5, 0.6) is 0 Å². The second-order valence-electron chi connectivity index (χ2n) is 3.81. The van der Waals surface area contributed by atoms with Gasteiger partial charge in [0, 0.05) is 31.9 Å². The Hall–Kier alpha value is -1.10. The molecule has 5 heteroatoms. The Labute approximate surface area is 94.7 Å². The Kier molecular flexibility index (Phi) is 4.08. The van der Waals surface area contributed by atoms with Gasteiger partial charge in [-0.25, -0.2) is 0 Å². The van der Waals surface area contributed by atoms with Crippen LogP contribution >= 0.6 is 12.2 Å². The van der Waals surface area contributed by atoms with Crippen LogP contribution in [0.15, 0.2) is 6.20 Å². The molecular weight excluding hydrogens is 210 g/mol. The fraction of sp³-hybridized carbons (Fsp3) is 0.600. The monoisotopic (exact) mass is 227 g/mol. The van der Waals surface area contributed by atoms with Crippen molar-refractivity contribution in [1.29, 1.82) is 0 Å². The van der Waals surface area contributed by atoms with Crippen LogP contribution in [0.25, 0.3) is 0 Å². The summed E-state index contributed by atoms with van der Waals surface area (Å²) in [5.41, 5.74) is 1.17. The first-order valence-corrected chi connectivity index (χ1v) is 5.45. The predicted molar refractivity (Wildman–Crippen MR) is 62.4 cm³/mol. The normalized spacial score (nSPS) is 10.7. The van der Waals surface area contributed by atoms with Crippen LogP contribution in [0.2, 0.25) is 0 Å². The molecule has 2 N–H and O–H groups in total. The smallest absolute Gasteiger partial charge is 0.216 e. The summed E-state index contributed by atoms with van der Waals surface area (Å²) in [5.74, 6) is 0.415. The molecular formula is C10H17N3OS. The topological polar surface area (TPSA) is 49.8 Å². The zero-order valence-corrected chi connectivity index (χ0v) is 10.1. The second-order valence-corrected chi connectivity index (χ2v) is 4.19. The minimum absolute atomic E-state index is 0.0110. The fourth-order valence-electron chi connectivity index (χ4n) is 1.46. The standard InChI is InChI=1S/C10H17N3OS/c1-7(2)9-6-12-10(15)13(9)5-4-11-8(3)14/h6-7H,4-5H2,1-3H3,(H,11,14)(H,12,15). The van der Waals surface area contributed by atoms with Gasteiger partial charge in [0.1, 0.15) is 0 Å². The number of carbonyl (C=O) groups excluding carboxylic acids is 1. The summed E-state index contributed by atoms with van der Waals surface area (Å²) >= 11 is 5.17. The number of imidazole rings is 1. The van der Waals surface area contributed by atoms with Crippen molar-refractivity contribution in [2.24, 2.45) is 0 Å². The van der Waals surface area contributed by atoms with Gasteiger partial charge in [0.2, 0.25) is 5.91 Å². The molecule has 0 aliphatic heterocycles. The first-order chi connectivity index (χ1) is 7.02. The van der Waals surface area contributed by atoms with Crippen LogP contribution in [0.4, 0.5) is 0 Å². The van der Waals surface area contributed by atoms with Crippen LogP contribution in [0, 0.1) is 4.77 Å². The van der Waals surface area contributed by atoms with E-state index >= 15 is 0 Å². The maximum absolute atomic E-state index is 10.7. The lowest BCUT2D eigenvalue weighted by atomic mass is 10.1. The highest BCUT2D eigenvalue weighted by Gasteiger charge is 2.07. The lowest BCUT2D eigenvalue weighted by molar-refractivity contribution is -0.118. The van der Waals surface area contributed by atoms with Gasteiger partial charge in [-0.05, 0) is 18.1 Å². The molecule has 0 bridgehead atoms. The van der Waals surface area contributed by atoms with E-state index in [-0.39, 0.29) is 5.91 Å². The van der Waals surface area contributed by atoms with Crippen molar-refractivity contribution >= 4 is 18.1 Å². The lowest BCUT2D eigenvalue weighted by Gasteiger charge is -2.10. The third-order valence-corrected chi connectivity index (χ3v) is 2.54. The zero-order valence-electron chi connectivity index (χ0n) is 9.33. The largest absolute Gasteiger partial charge is 0.355 e. The van der Waals surface area contributed by atoms with E-state index in [4.69, 9.17) is 12.2 Å². The molecule has 0 spiro atoms. The number of hydrogen-bond acceptors (Lipinski definition) is 2. The van der Waals surface area contributed by atoms with E-state index in [1.165, 1.54) is 12.6 Å². The van der Waals surface area contributed by atoms with Gasteiger partial charge < -0.3 is 14.9 Å². The molecule has 1 heterocycles. The first kappa shape index (κ1) is 12.0. The van der Waals surface area contributed by atoms with Crippen LogP contribution < -0.4 is 5.32 Å². The molecule has 0 radical (unpaired) electrons. The van der Waals surface area contributed by atoms with Gasteiger partial charge in [0.05, 0.1) is 0 Å². The van der Waals surface area contributed by atoms with Gasteiger partial charge in [-0.15, -0.1) is 0 Å². The van der Waals surface area contributed by atoms with E-state index in [2.05, 4.69) is 24.1 Å². The summed E-state index contributed by atoms with van der Waals surface area (Å²) in [7, 11) is 0. The summed E-state index contributed by atoms with van der Waals surface area (Å²) < 4.78 is 2.74. The van der Waals surface area contributed by atoms with Gasteiger partial charge >= 0.3 is 0 Å². The van der Waals surface area contributed by atoms with Crippen LogP contribution in [-0.2, 0) is 11.3 Å². The number of carbonyl (C=O) groups is 1. The number of amides is 1. The summed E-state index contributed by atoms with van der Waals surface area (Å²) in [5, 5.41) is 2.76. The summed E-state index contributed by atoms with van der Waals surface area (Å²) in [4.78, 5) is 13.7. The number of aromatic amines is 1. The molecule has 4 nitrogen and oxygen atoms in total. The zero-order chi connectivity index (χ0) is 11.4. The molecule has 0 aliphatic carbocycles. The minimum Gasteiger partial charge on any atom is -0.355 e. The lowest BCUT2D eigenvalue weighted by Crippen LogP contribution is -2.25. The SMILES string of the molecule is CC(=O)NCCn1c(C(C)C)c[nH]c1=S. The molecule has 1 rings (SSSR count). The van der Waals surface area contributed by atoms with Crippen molar-refractivity contribution in [2.75, 3.05) is 6.54 Å². The molecule has 0 saturated heterocycles. The molecule has 0 aliphatic rings. The summed E-state index contributed by atoms with van der Waals surface area (Å²) in [6.45, 7) is 7.08. The average molecular weight is 227 g/mol. The van der Waals surface area contributed by atoms with Crippen molar-refractivity contribution in [3.63, 3.8) is 0 Å². The highest BCUT2D eigenvalue weighted by Crippen LogP contribution is 2.13. The molecule has 0 saturated carbocycles. The molecule has 0 aromatic carbocycles. The highest BCUT2D eigenvalue weighted by molar-refractivity contribution is 7.71. The van der Waals surface area contributed by atoms with E-state index in [9.17, 15) is 4.79 Å². The third-order valence-electron chi connectivity index (χ3n) is 2.20. The van der Waals surface area contributed by atoms with Crippen molar-refractivity contribution in [2.45, 2.75) is 33.2 Å². The minimum atomic E-state index is -0.0110. The predicted octanol–water partition coefficient (Wildman–Crippen LogP) is 1.81. The summed E-state index contributed by atoms with van der Waals surface area (Å²) in [6, 6.07) is 0. The molecule has 0 fully saturated rings. The van der Waals surface area contributed by atoms with Crippen molar-refractivity contribution in [3.8, 4) is 0 Å². The van der Waals surface area contributed by atoms with E-state index < -0.39 is 0 Å². The maximum Gasteiger partial charge on any atom is 0.216 e. The molecule has 0 unspecified atom stereocenters. The molecule has 15 heavy (non-hydrogen) atoms. The van der Waals surface area contributed by atoms with E-state index in [1.807, 2.05) is 10.8 Å². The number of nitrogens with one attached hydrogen (secondary N) is 2. The van der Waals surface area contributed by atoms with E-state index in [0.717, 1.165) is 6.54 Å². The van der Waals surface area contributed by atoms with E-state index in [1.54, 1.807) is 0 Å². The molecule has 1 aromatic heterocycles. The molecule has 1 amide bonds. The van der Waals surface area contributed by atoms with Crippen LogP contribution in [-0.4, -0.2) is 22.0 Å². The summed E-state index contributed by atoms with van der Waals surface area (Å²) in [6.07, 6.45) is 1.93. The maximum atomic E-state index is 10.7. The molecule has 1 aromatic rings. The van der Waals surface area contributed by atoms with Crippen molar-refractivity contribution in [1.82, 2.24) is 14.9 Å². The van der Waals surface area contributed by atoms with Crippen molar-refractivity contribution in [3.05, 3.63) is 16.7 Å². The second kappa shape index (κ2) is 5.11. The highest BCUT2D eigenvalue weighted by atomic mass is 32.1. The van der Waals surface area contributed by atoms with Crippen LogP contribution in [0.3, 0.4) is 0 Å². The number of H-pyrrole nitrogens is 1. The Morgan fingerprint density at radius 1 is 1.67 bits per heavy atom. The van der Waals surface area contributed by atoms with Gasteiger partial charge in [-0.1, -0.05) is 13.8 Å². The first-order valence-electron chi connectivity index (χ1n) is 5.05. The molecule has 84 valence electrons. The Balaban J connectivity index is 2.71. The van der Waals surface area contributed by atoms with E-state index in [0.29, 0.717) is 17.2 Å². The van der Waals surface area contributed by atoms with Gasteiger partial charge in [0.15, 0.2) is 4.77 Å². The Morgan fingerprint density at radius 2 is 2.33 bits per heavy atom. The third kappa shape index (κ3) is 3.20. The number of rotatable bonds is 4. The fourth-order valence-corrected chi connectivity index (χ4v) is 1.72. The van der Waals surface area contributed by atoms with Gasteiger partial charge in [0.25, 0.3) is 0 Å². The number of aromatic nitrogens is 2. The Bertz CT molecular complexity index is 392. The van der Waals surface area contributed by atoms with Crippen molar-refractivity contribution < 1.29 is 4.79 Å². The quantitative estimate of drug-likeness (QED) is 0.771. The molecule has 0 atom stereocenters. The number of nitrogens with zero attached hydrogens (tertiary/aromatic N) is 1. The van der Waals surface area contributed by atoms with Gasteiger partial charge in [-0.3, -0.25) is 4.79 Å². The average Bonchev–Trinajstić information content (AvgIpc) is 2.47. The Morgan fingerprint density at radius 3 is 2.87 bits per heavy atom. The van der Waals surface area contributed by atoms with Gasteiger partial charge in [-0.2, -0.15) is 0 Å². The number of hydrogen-bond donors (Lipinski definition) is 2. The van der Waals surface area contributed by atoms with Crippen LogP contribution in [0.1, 0.15) is 32.4 Å².